The van der Waals surface area contributed by atoms with Crippen molar-refractivity contribution in [2.75, 3.05) is 12.3 Å². The molecule has 5 rings (SSSR count). The molecule has 0 bridgehead atoms. The van der Waals surface area contributed by atoms with Gasteiger partial charge in [0.05, 0.1) is 16.2 Å². The number of anilines is 1. The molecule has 3 heterocycles. The van der Waals surface area contributed by atoms with E-state index in [-0.39, 0.29) is 35.7 Å². The fourth-order valence-electron chi connectivity index (χ4n) is 5.49. The van der Waals surface area contributed by atoms with Gasteiger partial charge >= 0.3 is 0 Å². The van der Waals surface area contributed by atoms with Crippen molar-refractivity contribution >= 4 is 29.2 Å². The first kappa shape index (κ1) is 24.5. The lowest BCUT2D eigenvalue weighted by atomic mass is 9.73. The molecule has 9 nitrogen and oxygen atoms in total. The molecule has 5 atom stereocenters. The Kier molecular flexibility index (Phi) is 7.02. The molecule has 1 aromatic carbocycles. The summed E-state index contributed by atoms with van der Waals surface area (Å²) in [7, 11) is 0. The van der Waals surface area contributed by atoms with Crippen molar-refractivity contribution in [3.63, 3.8) is 0 Å². The van der Waals surface area contributed by atoms with Crippen molar-refractivity contribution in [2.45, 2.75) is 61.5 Å². The lowest BCUT2D eigenvalue weighted by molar-refractivity contribution is 0.163. The Bertz CT molecular complexity index is 1100. The zero-order chi connectivity index (χ0) is 24.6. The summed E-state index contributed by atoms with van der Waals surface area (Å²) in [6, 6.07) is 7.41. The molecule has 0 radical (unpaired) electrons. The van der Waals surface area contributed by atoms with Gasteiger partial charge in [-0.25, -0.2) is 4.98 Å². The lowest BCUT2D eigenvalue weighted by Gasteiger charge is -2.39. The van der Waals surface area contributed by atoms with E-state index in [9.17, 15) is 5.11 Å². The molecule has 3 aliphatic rings. The van der Waals surface area contributed by atoms with Crippen LogP contribution in [0, 0.1) is 5.41 Å². The van der Waals surface area contributed by atoms with E-state index in [1.165, 1.54) is 17.3 Å². The maximum absolute atomic E-state index is 9.91. The highest BCUT2D eigenvalue weighted by atomic mass is 35.5. The van der Waals surface area contributed by atoms with Gasteiger partial charge in [0.1, 0.15) is 23.9 Å². The Morgan fingerprint density at radius 3 is 2.91 bits per heavy atom. The smallest absolute Gasteiger partial charge is 0.143 e. The second kappa shape index (κ2) is 10.0. The van der Waals surface area contributed by atoms with Gasteiger partial charge in [-0.15, -0.1) is 0 Å². The van der Waals surface area contributed by atoms with Gasteiger partial charge in [-0.1, -0.05) is 29.4 Å². The minimum absolute atomic E-state index is 0.0427. The Morgan fingerprint density at radius 1 is 1.23 bits per heavy atom. The van der Waals surface area contributed by atoms with Crippen LogP contribution in [0.25, 0.3) is 0 Å². The summed E-state index contributed by atoms with van der Waals surface area (Å²) in [5.41, 5.74) is 21.4. The number of thioether (sulfide) groups is 1. The zero-order valence-electron chi connectivity index (χ0n) is 19.4. The van der Waals surface area contributed by atoms with Crippen LogP contribution in [0.3, 0.4) is 0 Å². The van der Waals surface area contributed by atoms with E-state index in [2.05, 4.69) is 26.3 Å². The number of hydrogen-bond donors (Lipinski definition) is 8. The zero-order valence-corrected chi connectivity index (χ0v) is 21.0. The first-order chi connectivity index (χ1) is 16.8. The van der Waals surface area contributed by atoms with E-state index < -0.39 is 0 Å². The van der Waals surface area contributed by atoms with Crippen LogP contribution in [-0.4, -0.2) is 35.1 Å². The van der Waals surface area contributed by atoms with Gasteiger partial charge in [-0.3, -0.25) is 5.32 Å². The molecule has 0 saturated carbocycles. The average Bonchev–Trinajstić information content (AvgIpc) is 3.08. The Balaban J connectivity index is 1.16. The lowest BCUT2D eigenvalue weighted by Crippen LogP contribution is -2.65. The molecule has 5 unspecified atom stereocenters. The van der Waals surface area contributed by atoms with Gasteiger partial charge in [0.2, 0.25) is 0 Å². The molecule has 1 spiro atoms. The predicted molar refractivity (Wildman–Crippen MR) is 140 cm³/mol. The second-order valence-corrected chi connectivity index (χ2v) is 11.1. The summed E-state index contributed by atoms with van der Waals surface area (Å²) < 4.78 is 0. The predicted octanol–water partition coefficient (Wildman–Crippen LogP) is 2.04. The van der Waals surface area contributed by atoms with Crippen LogP contribution in [0.2, 0.25) is 5.02 Å². The van der Waals surface area contributed by atoms with Crippen molar-refractivity contribution in [3.05, 3.63) is 57.8 Å². The molecule has 2 aromatic rings. The number of halogens is 1. The number of benzene rings is 1. The monoisotopic (exact) mass is 516 g/mol. The number of fused-ring (bicyclic) bond motifs is 1. The molecule has 1 saturated heterocycles. The number of nitrogens with zero attached hydrogens (tertiary/aromatic N) is 1. The van der Waals surface area contributed by atoms with Crippen molar-refractivity contribution in [1.82, 2.24) is 26.3 Å². The van der Waals surface area contributed by atoms with Gasteiger partial charge in [0, 0.05) is 23.3 Å². The minimum atomic E-state index is -0.329. The van der Waals surface area contributed by atoms with E-state index in [1.807, 2.05) is 24.4 Å². The van der Waals surface area contributed by atoms with Crippen LogP contribution in [0.15, 0.2) is 46.6 Å². The number of nitrogen functional groups attached to an aromatic ring is 1. The SMILES string of the molecule is Nc1nccc(SC2=CNC(NC3CCCC4(CCN3)Cc3ccc(O)cc3C4N)C(N)N2)c1Cl. The number of phenols is 1. The average molecular weight is 517 g/mol. The van der Waals surface area contributed by atoms with E-state index in [0.29, 0.717) is 10.8 Å². The van der Waals surface area contributed by atoms with Crippen molar-refractivity contribution < 1.29 is 5.11 Å². The number of hydrogen-bond acceptors (Lipinski definition) is 10. The van der Waals surface area contributed by atoms with Crippen LogP contribution in [0.4, 0.5) is 5.82 Å². The van der Waals surface area contributed by atoms with Crippen LogP contribution >= 0.6 is 23.4 Å². The highest BCUT2D eigenvalue weighted by Crippen LogP contribution is 2.50. The molecule has 0 amide bonds. The quantitative estimate of drug-likeness (QED) is 0.302. The number of pyridine rings is 1. The number of nitrogens with one attached hydrogen (secondary N) is 4. The van der Waals surface area contributed by atoms with Gasteiger partial charge < -0.3 is 38.3 Å². The molecule has 35 heavy (non-hydrogen) atoms. The minimum Gasteiger partial charge on any atom is -0.508 e. The summed E-state index contributed by atoms with van der Waals surface area (Å²) in [5, 5.41) is 25.2. The fraction of sp³-hybridized carbons (Fsp3) is 0.458. The van der Waals surface area contributed by atoms with Crippen molar-refractivity contribution in [3.8, 4) is 5.75 Å². The molecular formula is C24H33ClN8OS. The molecule has 1 aliphatic carbocycles. The third-order valence-corrected chi connectivity index (χ3v) is 8.92. The second-order valence-electron chi connectivity index (χ2n) is 9.65. The fourth-order valence-corrected chi connectivity index (χ4v) is 6.60. The molecule has 2 aliphatic heterocycles. The third-order valence-electron chi connectivity index (χ3n) is 7.39. The summed E-state index contributed by atoms with van der Waals surface area (Å²) in [4.78, 5) is 4.81. The van der Waals surface area contributed by atoms with Crippen LogP contribution in [-0.2, 0) is 6.42 Å². The Morgan fingerprint density at radius 2 is 2.09 bits per heavy atom. The molecule has 11 heteroatoms. The highest BCUT2D eigenvalue weighted by molar-refractivity contribution is 8.03. The van der Waals surface area contributed by atoms with E-state index in [4.69, 9.17) is 28.8 Å². The summed E-state index contributed by atoms with van der Waals surface area (Å²) in [6.45, 7) is 0.861. The van der Waals surface area contributed by atoms with E-state index in [1.54, 1.807) is 12.3 Å². The van der Waals surface area contributed by atoms with E-state index in [0.717, 1.165) is 54.1 Å². The number of nitrogens with two attached hydrogens (primary N) is 3. The van der Waals surface area contributed by atoms with Gasteiger partial charge in [-0.2, -0.15) is 0 Å². The molecule has 1 fully saturated rings. The van der Waals surface area contributed by atoms with Crippen molar-refractivity contribution in [1.29, 1.82) is 0 Å². The van der Waals surface area contributed by atoms with Gasteiger partial charge in [0.15, 0.2) is 0 Å². The number of phenolic OH excluding ortho intramolecular Hbond substituents is 1. The maximum atomic E-state index is 9.91. The third kappa shape index (κ3) is 5.04. The largest absolute Gasteiger partial charge is 0.508 e. The van der Waals surface area contributed by atoms with Crippen molar-refractivity contribution in [2.24, 2.45) is 16.9 Å². The summed E-state index contributed by atoms with van der Waals surface area (Å²) in [5.74, 6) is 0.598. The molecule has 1 aromatic heterocycles. The normalized spacial score (nSPS) is 30.5. The number of aromatic nitrogens is 1. The molecular weight excluding hydrogens is 484 g/mol. The first-order valence-corrected chi connectivity index (χ1v) is 13.2. The highest BCUT2D eigenvalue weighted by Gasteiger charge is 2.44. The standard InChI is InChI=1S/C24H33ClN8OS/c25-19-16(5-8-30-21(19)27)35-18-12-31-23(22(28)33-18)32-17-2-1-6-24(7-9-29-17)11-13-3-4-14(34)10-15(13)20(24)26/h3-5,8,10,12,17,20,22-23,29,31-34H,1-2,6-7,9,11,26,28H2,(H2,27,30). The van der Waals surface area contributed by atoms with Gasteiger partial charge in [-0.05, 0) is 73.4 Å². The van der Waals surface area contributed by atoms with E-state index >= 15 is 0 Å². The number of aromatic hydroxyl groups is 1. The van der Waals surface area contributed by atoms with Crippen LogP contribution < -0.4 is 38.5 Å². The maximum Gasteiger partial charge on any atom is 0.143 e. The molecule has 11 N–H and O–H groups in total. The summed E-state index contributed by atoms with van der Waals surface area (Å²) >= 11 is 7.72. The molecule has 188 valence electrons. The topological polar surface area (TPSA) is 159 Å². The van der Waals surface area contributed by atoms with Crippen LogP contribution in [0.1, 0.15) is 42.9 Å². The Labute approximate surface area is 214 Å². The van der Waals surface area contributed by atoms with Gasteiger partial charge in [0.25, 0.3) is 0 Å². The summed E-state index contributed by atoms with van der Waals surface area (Å²) in [6.07, 6.45) is 8.25. The number of rotatable bonds is 4. The Hall–Kier alpha value is -2.21. The van der Waals surface area contributed by atoms with Crippen LogP contribution in [0.5, 0.6) is 5.75 Å². The first-order valence-electron chi connectivity index (χ1n) is 12.0.